The summed E-state index contributed by atoms with van der Waals surface area (Å²) in [6, 6.07) is 0. The fourth-order valence-electron chi connectivity index (χ4n) is 10.3. The third kappa shape index (κ3) is 8.52. The Morgan fingerprint density at radius 1 is 0.981 bits per heavy atom. The van der Waals surface area contributed by atoms with Gasteiger partial charge in [-0.1, -0.05) is 45.1 Å². The molecule has 0 saturated carbocycles. The van der Waals surface area contributed by atoms with Crippen LogP contribution in [-0.2, 0) is 38.0 Å². The second kappa shape index (κ2) is 16.4. The van der Waals surface area contributed by atoms with Gasteiger partial charge < -0.3 is 48.5 Å². The van der Waals surface area contributed by atoms with E-state index in [2.05, 4.69) is 39.5 Å². The molecule has 11 heteroatoms. The summed E-state index contributed by atoms with van der Waals surface area (Å²) in [4.78, 5) is 11.8. The van der Waals surface area contributed by atoms with Crippen LogP contribution in [0.25, 0.3) is 0 Å². The van der Waals surface area contributed by atoms with Crippen LogP contribution in [0.2, 0.25) is 0 Å². The number of aliphatic hydroxyl groups excluding tert-OH is 3. The highest BCUT2D eigenvalue weighted by atomic mass is 16.7. The molecule has 0 aliphatic carbocycles. The summed E-state index contributed by atoms with van der Waals surface area (Å²) in [5.41, 5.74) is 1.53. The van der Waals surface area contributed by atoms with Gasteiger partial charge in [-0.2, -0.15) is 0 Å². The van der Waals surface area contributed by atoms with Crippen molar-refractivity contribution >= 4 is 5.78 Å². The SMILES string of the molecule is C=C1[C@H](O)[C@@H]2O[C@@]3(CC[C@@H]2O[C@@H]1[C@H](O)C[C@H](C)[C@@H]1O[C@]2(CCCCO2)CC[C@@H]1C)CC[C@H](/C=C/[C@H](C)[C@@H]1CC(C)=C[C@]2(O[C@H](CC(C)=O)CC[C@@H]2O)O1)O3. The normalized spacial score (nSPS) is 46.1. The zero-order chi connectivity index (χ0) is 38.4. The van der Waals surface area contributed by atoms with E-state index in [1.54, 1.807) is 6.92 Å². The third-order valence-corrected chi connectivity index (χ3v) is 13.4. The molecule has 6 fully saturated rings. The summed E-state index contributed by atoms with van der Waals surface area (Å²) in [5, 5.41) is 34.1. The van der Waals surface area contributed by atoms with Gasteiger partial charge in [0.25, 0.3) is 0 Å². The number of Topliss-reactive ketones (excluding diaryl/α,β-unsaturated/α-hetero) is 1. The molecular formula is C43H66O11. The lowest BCUT2D eigenvalue weighted by atomic mass is 9.79. The second-order valence-corrected chi connectivity index (χ2v) is 18.0. The van der Waals surface area contributed by atoms with Crippen molar-refractivity contribution in [3.63, 3.8) is 0 Å². The van der Waals surface area contributed by atoms with Crippen molar-refractivity contribution in [3.8, 4) is 0 Å². The van der Waals surface area contributed by atoms with Crippen LogP contribution in [0.3, 0.4) is 0 Å². The van der Waals surface area contributed by atoms with E-state index in [4.69, 9.17) is 33.2 Å². The largest absolute Gasteiger partial charge is 0.390 e. The summed E-state index contributed by atoms with van der Waals surface area (Å²) >= 11 is 0. The molecule has 54 heavy (non-hydrogen) atoms. The van der Waals surface area contributed by atoms with Crippen LogP contribution in [-0.4, -0.2) is 106 Å². The minimum absolute atomic E-state index is 0.00359. The van der Waals surface area contributed by atoms with Crippen molar-refractivity contribution in [1.29, 1.82) is 0 Å². The molecule has 0 radical (unpaired) electrons. The zero-order valence-electron chi connectivity index (χ0n) is 33.2. The molecular weight excluding hydrogens is 692 g/mol. The summed E-state index contributed by atoms with van der Waals surface area (Å²) < 4.78 is 45.3. The second-order valence-electron chi connectivity index (χ2n) is 18.0. The molecule has 0 amide bonds. The highest BCUT2D eigenvalue weighted by molar-refractivity contribution is 5.76. The fraction of sp³-hybridized carbons (Fsp3) is 0.837. The molecule has 3 N–H and O–H groups in total. The Kier molecular flexibility index (Phi) is 12.3. The van der Waals surface area contributed by atoms with E-state index < -0.39 is 47.9 Å². The molecule has 16 atom stereocenters. The summed E-state index contributed by atoms with van der Waals surface area (Å²) in [6.07, 6.45) is 11.5. The Hall–Kier alpha value is -1.51. The fourth-order valence-corrected chi connectivity index (χ4v) is 10.3. The molecule has 304 valence electrons. The lowest BCUT2D eigenvalue weighted by molar-refractivity contribution is -0.320. The molecule has 0 aromatic carbocycles. The van der Waals surface area contributed by atoms with E-state index in [1.165, 1.54) is 0 Å². The summed E-state index contributed by atoms with van der Waals surface area (Å²) in [5.74, 6) is -2.08. The van der Waals surface area contributed by atoms with Crippen LogP contribution in [0.1, 0.15) is 125 Å². The average molecular weight is 759 g/mol. The van der Waals surface area contributed by atoms with Crippen molar-refractivity contribution in [1.82, 2.24) is 0 Å². The van der Waals surface area contributed by atoms with Gasteiger partial charge in [0.05, 0.1) is 43.2 Å². The summed E-state index contributed by atoms with van der Waals surface area (Å²) in [6.45, 7) is 15.0. The van der Waals surface area contributed by atoms with E-state index in [-0.39, 0.29) is 48.1 Å². The van der Waals surface area contributed by atoms with Crippen molar-refractivity contribution in [2.45, 2.75) is 203 Å². The maximum atomic E-state index is 11.8. The van der Waals surface area contributed by atoms with Crippen molar-refractivity contribution in [2.75, 3.05) is 6.61 Å². The van der Waals surface area contributed by atoms with Gasteiger partial charge in [0.1, 0.15) is 30.2 Å². The summed E-state index contributed by atoms with van der Waals surface area (Å²) in [7, 11) is 0. The molecule has 0 bridgehead atoms. The predicted molar refractivity (Wildman–Crippen MR) is 200 cm³/mol. The monoisotopic (exact) mass is 758 g/mol. The van der Waals surface area contributed by atoms with Crippen molar-refractivity contribution in [3.05, 3.63) is 36.0 Å². The molecule has 0 unspecified atom stereocenters. The smallest absolute Gasteiger partial charge is 0.215 e. The maximum Gasteiger partial charge on any atom is 0.215 e. The zero-order valence-corrected chi connectivity index (χ0v) is 33.2. The van der Waals surface area contributed by atoms with Gasteiger partial charge in [-0.3, -0.25) is 4.79 Å². The minimum atomic E-state index is -1.25. The number of hydrogen-bond acceptors (Lipinski definition) is 11. The quantitative estimate of drug-likeness (QED) is 0.240. The first-order chi connectivity index (χ1) is 25.7. The standard InChI is InChI=1S/C43H66O11/c1-25-21-35(52-43(24-25)36(46)12-11-32(51-43)23-29(5)44)26(2)9-10-31-14-18-42(50-31)19-15-34-40(54-42)37(47)30(6)39(49-34)33(45)22-28(4)38-27(3)13-17-41(53-38)16-7-8-20-48-41/h9-10,24,26-28,31-40,45-47H,6-8,11-23H2,1-5H3/b10-9+/t26-,27-,28-,31-,32-,33+,34-,35-,36-,37-,38+,39-,40+,41+,42+,43-/m0/s1. The number of rotatable bonds is 9. The maximum absolute atomic E-state index is 11.8. The molecule has 3 spiro atoms. The molecule has 7 aliphatic heterocycles. The van der Waals surface area contributed by atoms with Crippen LogP contribution in [0.15, 0.2) is 36.0 Å². The lowest BCUT2D eigenvalue weighted by Crippen LogP contribution is -2.60. The average Bonchev–Trinajstić information content (AvgIpc) is 3.53. The van der Waals surface area contributed by atoms with Crippen molar-refractivity contribution in [2.24, 2.45) is 17.8 Å². The molecule has 0 aromatic rings. The minimum Gasteiger partial charge on any atom is -0.390 e. The van der Waals surface area contributed by atoms with Crippen LogP contribution in [0, 0.1) is 17.8 Å². The molecule has 11 nitrogen and oxygen atoms in total. The first kappa shape index (κ1) is 40.7. The number of aliphatic hydroxyl groups is 3. The van der Waals surface area contributed by atoms with Crippen LogP contribution >= 0.6 is 0 Å². The van der Waals surface area contributed by atoms with E-state index in [9.17, 15) is 20.1 Å². The Morgan fingerprint density at radius 2 is 1.76 bits per heavy atom. The Balaban J connectivity index is 0.921. The van der Waals surface area contributed by atoms with Gasteiger partial charge in [0.2, 0.25) is 5.79 Å². The van der Waals surface area contributed by atoms with Gasteiger partial charge in [0.15, 0.2) is 11.6 Å². The van der Waals surface area contributed by atoms with E-state index in [0.29, 0.717) is 62.9 Å². The molecule has 7 rings (SSSR count). The van der Waals surface area contributed by atoms with Crippen LogP contribution in [0.4, 0.5) is 0 Å². The Bertz CT molecular complexity index is 1410. The van der Waals surface area contributed by atoms with E-state index >= 15 is 0 Å². The topological polar surface area (TPSA) is 142 Å². The van der Waals surface area contributed by atoms with Gasteiger partial charge in [0, 0.05) is 38.0 Å². The van der Waals surface area contributed by atoms with Crippen molar-refractivity contribution < 1.29 is 53.3 Å². The third-order valence-electron chi connectivity index (χ3n) is 13.4. The van der Waals surface area contributed by atoms with Crippen LogP contribution < -0.4 is 0 Å². The number of fused-ring (bicyclic) bond motifs is 1. The number of carbonyl (C=O) groups is 1. The number of hydrogen-bond donors (Lipinski definition) is 3. The Labute approximate surface area is 321 Å². The van der Waals surface area contributed by atoms with Crippen LogP contribution in [0.5, 0.6) is 0 Å². The van der Waals surface area contributed by atoms with Gasteiger partial charge in [-0.05, 0) is 95.1 Å². The Morgan fingerprint density at radius 3 is 2.52 bits per heavy atom. The molecule has 6 saturated heterocycles. The highest BCUT2D eigenvalue weighted by Crippen LogP contribution is 2.47. The van der Waals surface area contributed by atoms with Gasteiger partial charge in [-0.15, -0.1) is 0 Å². The predicted octanol–water partition coefficient (Wildman–Crippen LogP) is 5.97. The van der Waals surface area contributed by atoms with Gasteiger partial charge >= 0.3 is 0 Å². The molecule has 0 aromatic heterocycles. The van der Waals surface area contributed by atoms with Gasteiger partial charge in [-0.25, -0.2) is 0 Å². The van der Waals surface area contributed by atoms with E-state index in [0.717, 1.165) is 50.7 Å². The highest BCUT2D eigenvalue weighted by Gasteiger charge is 2.54. The first-order valence-electron chi connectivity index (χ1n) is 21.0. The number of ketones is 1. The molecule has 7 aliphatic rings. The molecule has 7 heterocycles. The van der Waals surface area contributed by atoms with E-state index in [1.807, 2.05) is 13.0 Å². The number of ether oxygens (including phenoxy) is 7. The number of carbonyl (C=O) groups excluding carboxylic acids is 1. The lowest BCUT2D eigenvalue weighted by Gasteiger charge is -2.50. The first-order valence-corrected chi connectivity index (χ1v) is 21.0.